The summed E-state index contributed by atoms with van der Waals surface area (Å²) in [7, 11) is 1.50. The van der Waals surface area contributed by atoms with E-state index in [0.717, 1.165) is 64.2 Å². The molecule has 530 valence electrons. The Labute approximate surface area is 560 Å². The van der Waals surface area contributed by atoms with Crippen molar-refractivity contribution < 1.29 is 42.1 Å². The first-order valence-electron chi connectivity index (χ1n) is 39.4. The summed E-state index contributed by atoms with van der Waals surface area (Å²) in [5.74, 6) is -0.770. The second kappa shape index (κ2) is 71.3. The zero-order chi connectivity index (χ0) is 65.5. The molecule has 0 saturated heterocycles. The van der Waals surface area contributed by atoms with Crippen LogP contribution in [0.3, 0.4) is 0 Å². The topological polar surface area (TPSA) is 108 Å². The number of nitrogens with zero attached hydrogens (tertiary/aromatic N) is 1. The number of hydrogen-bond acceptors (Lipinski definition) is 7. The minimum Gasteiger partial charge on any atom is -0.462 e. The van der Waals surface area contributed by atoms with Crippen LogP contribution in [0, 0.1) is 0 Å². The Morgan fingerprint density at radius 2 is 0.633 bits per heavy atom. The molecule has 0 aliphatic carbocycles. The van der Waals surface area contributed by atoms with Gasteiger partial charge in [-0.15, -0.1) is 0 Å². The number of ether oxygens (including phenoxy) is 2. The van der Waals surface area contributed by atoms with Gasteiger partial charge in [0.2, 0.25) is 0 Å². The van der Waals surface area contributed by atoms with Crippen LogP contribution in [-0.2, 0) is 32.7 Å². The number of likely N-dealkylation sites (N-methyl/N-ethyl adjacent to an activating group) is 1. The van der Waals surface area contributed by atoms with E-state index in [0.29, 0.717) is 17.4 Å². The predicted octanol–water partition coefficient (Wildman–Crippen LogP) is 26.0. The lowest BCUT2D eigenvalue weighted by Crippen LogP contribution is -2.37. The van der Waals surface area contributed by atoms with Crippen molar-refractivity contribution in [3.8, 4) is 0 Å². The Bertz CT molecular complexity index is 1660. The fourth-order valence-electron chi connectivity index (χ4n) is 11.9. The van der Waals surface area contributed by atoms with Gasteiger partial charge in [0.05, 0.1) is 27.7 Å². The summed E-state index contributed by atoms with van der Waals surface area (Å²) in [6, 6.07) is 0. The van der Waals surface area contributed by atoms with Crippen molar-refractivity contribution in [3.63, 3.8) is 0 Å². The number of carbonyl (C=O) groups is 2. The van der Waals surface area contributed by atoms with Crippen molar-refractivity contribution in [3.05, 3.63) is 48.6 Å². The molecule has 0 amide bonds. The van der Waals surface area contributed by atoms with E-state index in [2.05, 4.69) is 62.5 Å². The number of esters is 2. The summed E-state index contributed by atoms with van der Waals surface area (Å²) in [4.78, 5) is 35.9. The third-order valence-corrected chi connectivity index (χ3v) is 18.9. The number of phosphoric acid groups is 1. The van der Waals surface area contributed by atoms with Crippen LogP contribution in [0.5, 0.6) is 0 Å². The Kier molecular flexibility index (Phi) is 69.7. The molecule has 9 nitrogen and oxygen atoms in total. The smallest absolute Gasteiger partial charge is 0.462 e. The lowest BCUT2D eigenvalue weighted by molar-refractivity contribution is -0.870. The summed E-state index contributed by atoms with van der Waals surface area (Å²) in [5, 5.41) is 0. The van der Waals surface area contributed by atoms with Crippen molar-refractivity contribution in [1.82, 2.24) is 0 Å². The summed E-state index contributed by atoms with van der Waals surface area (Å²) in [6.07, 6.45) is 94.1. The lowest BCUT2D eigenvalue weighted by atomic mass is 10.0. The number of phosphoric ester groups is 1. The molecule has 0 aromatic heterocycles. The zero-order valence-electron chi connectivity index (χ0n) is 60.7. The number of carbonyl (C=O) groups excluding carboxylic acids is 2. The van der Waals surface area contributed by atoms with Crippen LogP contribution < -0.4 is 0 Å². The maximum absolute atomic E-state index is 12.9. The highest BCUT2D eigenvalue weighted by atomic mass is 31.2. The van der Waals surface area contributed by atoms with E-state index in [1.807, 2.05) is 21.1 Å². The molecule has 0 saturated carbocycles. The molecular weight excluding hydrogens is 1130 g/mol. The number of quaternary nitrogens is 1. The Hall–Kier alpha value is -2.03. The van der Waals surface area contributed by atoms with Crippen LogP contribution in [0.1, 0.15) is 399 Å². The highest BCUT2D eigenvalue weighted by Crippen LogP contribution is 2.43. The Balaban J connectivity index is 3.87. The maximum atomic E-state index is 12.9. The van der Waals surface area contributed by atoms with Crippen molar-refractivity contribution in [2.24, 2.45) is 0 Å². The van der Waals surface area contributed by atoms with E-state index in [4.69, 9.17) is 18.5 Å². The van der Waals surface area contributed by atoms with Gasteiger partial charge in [-0.25, -0.2) is 4.57 Å². The summed E-state index contributed by atoms with van der Waals surface area (Å²) >= 11 is 0. The molecule has 0 rings (SSSR count). The zero-order valence-corrected chi connectivity index (χ0v) is 61.5. The van der Waals surface area contributed by atoms with Gasteiger partial charge in [-0.3, -0.25) is 18.6 Å². The third kappa shape index (κ3) is 75.0. The lowest BCUT2D eigenvalue weighted by Gasteiger charge is -2.24. The van der Waals surface area contributed by atoms with E-state index in [1.54, 1.807) is 0 Å². The molecule has 0 radical (unpaired) electrons. The van der Waals surface area contributed by atoms with Gasteiger partial charge in [-0.1, -0.05) is 383 Å². The molecule has 0 aliphatic heterocycles. The highest BCUT2D eigenvalue weighted by molar-refractivity contribution is 7.47. The molecule has 0 aromatic rings. The molecule has 0 spiro atoms. The molecule has 10 heteroatoms. The largest absolute Gasteiger partial charge is 0.472 e. The molecule has 1 N–H and O–H groups in total. The first-order chi connectivity index (χ1) is 44.0. The van der Waals surface area contributed by atoms with Gasteiger partial charge < -0.3 is 18.9 Å². The second-order valence-corrected chi connectivity index (χ2v) is 29.5. The molecular formula is C80H153NO8P+. The van der Waals surface area contributed by atoms with Crippen molar-refractivity contribution >= 4 is 19.8 Å². The fraction of sp³-hybridized carbons (Fsp3) is 0.875. The predicted molar refractivity (Wildman–Crippen MR) is 390 cm³/mol. The minimum absolute atomic E-state index is 0.0357. The number of allylic oxidation sites excluding steroid dienone is 8. The van der Waals surface area contributed by atoms with E-state index in [9.17, 15) is 19.0 Å². The van der Waals surface area contributed by atoms with Crippen LogP contribution in [0.2, 0.25) is 0 Å². The van der Waals surface area contributed by atoms with E-state index < -0.39 is 26.5 Å². The van der Waals surface area contributed by atoms with E-state index in [-0.39, 0.29) is 25.6 Å². The molecule has 0 aliphatic rings. The standard InChI is InChI=1S/C80H152NO8P/c1-6-8-10-12-14-16-18-20-22-24-26-28-30-32-33-34-35-36-37-38-39-40-41-42-43-44-45-46-47-49-51-53-55-57-59-61-63-65-67-69-71-73-80(83)89-78(77-88-90(84,85)87-75-74-81(3,4)5)76-86-79(82)72-70-68-66-64-62-60-58-56-54-52-50-48-31-29-27-25-23-21-19-17-15-13-11-9-7-2/h8,10,14,16,20,22,26,28,78H,6-7,9,11-13,15,17-19,21,23-25,27,29-77H2,1-5H3/p+1/b10-8-,16-14-,22-20-,28-26-. The monoisotopic (exact) mass is 1290 g/mol. The number of unbranched alkanes of at least 4 members (excludes halogenated alkanes) is 52. The summed E-state index contributed by atoms with van der Waals surface area (Å²) in [6.45, 7) is 4.40. The van der Waals surface area contributed by atoms with Gasteiger partial charge in [0, 0.05) is 12.8 Å². The molecule has 0 fully saturated rings. The van der Waals surface area contributed by atoms with Gasteiger partial charge in [0.25, 0.3) is 0 Å². The molecule has 2 atom stereocenters. The van der Waals surface area contributed by atoms with Crippen molar-refractivity contribution in [2.75, 3.05) is 47.5 Å². The summed E-state index contributed by atoms with van der Waals surface area (Å²) in [5.41, 5.74) is 0. The fourth-order valence-corrected chi connectivity index (χ4v) is 12.6. The van der Waals surface area contributed by atoms with Gasteiger partial charge in [-0.2, -0.15) is 0 Å². The third-order valence-electron chi connectivity index (χ3n) is 17.9. The Morgan fingerprint density at radius 3 is 0.944 bits per heavy atom. The first kappa shape index (κ1) is 88.0. The SMILES string of the molecule is CC/C=C\C/C=C\C/C=C\C/C=C\CCCCCCCCCCCCCCCCCCCCCCCCCCCCCCC(=O)OC(COC(=O)CCCCCCCCCCCCCCCCCCCCCCCCCCC)COP(=O)(O)OCC[N+](C)(C)C. The number of hydrogen-bond donors (Lipinski definition) is 1. The molecule has 0 bridgehead atoms. The highest BCUT2D eigenvalue weighted by Gasteiger charge is 2.27. The van der Waals surface area contributed by atoms with Crippen LogP contribution in [0.4, 0.5) is 0 Å². The summed E-state index contributed by atoms with van der Waals surface area (Å²) < 4.78 is 34.8. The van der Waals surface area contributed by atoms with Crippen LogP contribution in [-0.4, -0.2) is 74.9 Å². The van der Waals surface area contributed by atoms with Gasteiger partial charge in [0.15, 0.2) is 6.10 Å². The molecule has 0 heterocycles. The quantitative estimate of drug-likeness (QED) is 0.0211. The van der Waals surface area contributed by atoms with Crippen LogP contribution in [0.15, 0.2) is 48.6 Å². The van der Waals surface area contributed by atoms with Crippen LogP contribution in [0.25, 0.3) is 0 Å². The normalized spacial score (nSPS) is 13.3. The average molecular weight is 1290 g/mol. The van der Waals surface area contributed by atoms with Crippen LogP contribution >= 0.6 is 7.82 Å². The van der Waals surface area contributed by atoms with Gasteiger partial charge in [-0.05, 0) is 51.4 Å². The van der Waals surface area contributed by atoms with E-state index in [1.165, 1.54) is 308 Å². The molecule has 90 heavy (non-hydrogen) atoms. The first-order valence-corrected chi connectivity index (χ1v) is 40.9. The minimum atomic E-state index is -4.39. The molecule has 0 aromatic carbocycles. The van der Waals surface area contributed by atoms with Crippen molar-refractivity contribution in [2.45, 2.75) is 405 Å². The Morgan fingerprint density at radius 1 is 0.356 bits per heavy atom. The maximum Gasteiger partial charge on any atom is 0.472 e. The van der Waals surface area contributed by atoms with Gasteiger partial charge in [0.1, 0.15) is 19.8 Å². The number of rotatable bonds is 74. The van der Waals surface area contributed by atoms with Crippen molar-refractivity contribution in [1.29, 1.82) is 0 Å². The second-order valence-electron chi connectivity index (χ2n) is 28.1. The molecule has 2 unspecified atom stereocenters. The average Bonchev–Trinajstić information content (AvgIpc) is 3.62. The van der Waals surface area contributed by atoms with Gasteiger partial charge >= 0.3 is 19.8 Å². The van der Waals surface area contributed by atoms with E-state index >= 15 is 0 Å².